The highest BCUT2D eigenvalue weighted by molar-refractivity contribution is 7.86. The maximum atomic E-state index is 13.2. The second-order valence-electron chi connectivity index (χ2n) is 6.90. The maximum Gasteiger partial charge on any atom is 0.125 e. The van der Waals surface area contributed by atoms with Crippen LogP contribution in [0.15, 0.2) is 88.7 Å². The van der Waals surface area contributed by atoms with Crippen LogP contribution in [0.2, 0.25) is 0 Å². The second-order valence-corrected chi connectivity index (χ2v) is 9.96. The Kier molecular flexibility index (Phi) is 6.94. The molecule has 146 valence electrons. The highest BCUT2D eigenvalue weighted by Gasteiger charge is 2.27. The highest BCUT2D eigenvalue weighted by Crippen LogP contribution is 2.26. The molecule has 4 atom stereocenters. The van der Waals surface area contributed by atoms with E-state index in [1.165, 1.54) is 0 Å². The van der Waals surface area contributed by atoms with E-state index in [2.05, 4.69) is 4.72 Å². The largest absolute Gasteiger partial charge is 0.254 e. The van der Waals surface area contributed by atoms with E-state index in [1.807, 2.05) is 99.6 Å². The minimum absolute atomic E-state index is 0.264. The standard InChI is InChI=1S/C23H25NO2S2/c1-17-9-13-21(14-10-17)27(25)19(3)23(20-7-5-4-6-8-20)24-28(26)22-15-11-18(2)12-16-22/h4-16,19,23-24H,1-3H3/t19-,23+,27+,28+/m1/s1. The zero-order valence-corrected chi connectivity index (χ0v) is 17.9. The summed E-state index contributed by atoms with van der Waals surface area (Å²) >= 11 is 0. The average molecular weight is 412 g/mol. The van der Waals surface area contributed by atoms with Gasteiger partial charge in [0.1, 0.15) is 11.0 Å². The van der Waals surface area contributed by atoms with Gasteiger partial charge in [-0.15, -0.1) is 0 Å². The second kappa shape index (κ2) is 9.41. The Hall–Kier alpha value is -2.08. The van der Waals surface area contributed by atoms with Gasteiger partial charge >= 0.3 is 0 Å². The lowest BCUT2D eigenvalue weighted by molar-refractivity contribution is 0.602. The van der Waals surface area contributed by atoms with E-state index in [0.29, 0.717) is 4.90 Å². The van der Waals surface area contributed by atoms with Crippen LogP contribution >= 0.6 is 0 Å². The number of nitrogens with one attached hydrogen (secondary N) is 1. The highest BCUT2D eigenvalue weighted by atomic mass is 32.2. The van der Waals surface area contributed by atoms with Crippen molar-refractivity contribution in [1.29, 1.82) is 0 Å². The number of rotatable bonds is 7. The lowest BCUT2D eigenvalue weighted by Crippen LogP contribution is -2.34. The third kappa shape index (κ3) is 5.04. The van der Waals surface area contributed by atoms with Gasteiger partial charge in [0.25, 0.3) is 0 Å². The molecule has 0 amide bonds. The summed E-state index contributed by atoms with van der Waals surface area (Å²) in [6.45, 7) is 5.95. The van der Waals surface area contributed by atoms with Crippen LogP contribution in [0.1, 0.15) is 29.7 Å². The normalized spacial score (nSPS) is 15.5. The molecule has 28 heavy (non-hydrogen) atoms. The van der Waals surface area contributed by atoms with Crippen LogP contribution < -0.4 is 4.72 Å². The van der Waals surface area contributed by atoms with Crippen molar-refractivity contribution in [3.05, 3.63) is 95.6 Å². The van der Waals surface area contributed by atoms with Crippen molar-refractivity contribution in [3.63, 3.8) is 0 Å². The molecule has 0 spiro atoms. The fraction of sp³-hybridized carbons (Fsp3) is 0.217. The van der Waals surface area contributed by atoms with Crippen LogP contribution in [0.3, 0.4) is 0 Å². The van der Waals surface area contributed by atoms with Crippen molar-refractivity contribution in [1.82, 2.24) is 4.72 Å². The Bertz CT molecular complexity index is 954. The van der Waals surface area contributed by atoms with Crippen molar-refractivity contribution >= 4 is 21.8 Å². The Labute approximate surface area is 172 Å². The molecule has 0 saturated carbocycles. The van der Waals surface area contributed by atoms with Crippen molar-refractivity contribution < 1.29 is 8.42 Å². The third-order valence-corrected chi connectivity index (χ3v) is 7.54. The van der Waals surface area contributed by atoms with Crippen LogP contribution in [0, 0.1) is 13.8 Å². The van der Waals surface area contributed by atoms with E-state index in [4.69, 9.17) is 0 Å². The lowest BCUT2D eigenvalue weighted by Gasteiger charge is -2.25. The van der Waals surface area contributed by atoms with Crippen LogP contribution in [0.5, 0.6) is 0 Å². The molecule has 0 radical (unpaired) electrons. The van der Waals surface area contributed by atoms with Gasteiger partial charge in [0.2, 0.25) is 0 Å². The minimum atomic E-state index is -1.40. The molecule has 0 aliphatic rings. The first-order valence-corrected chi connectivity index (χ1v) is 11.6. The molecule has 0 bridgehead atoms. The van der Waals surface area contributed by atoms with Crippen LogP contribution in [0.4, 0.5) is 0 Å². The third-order valence-electron chi connectivity index (χ3n) is 4.69. The van der Waals surface area contributed by atoms with Crippen molar-refractivity contribution in [3.8, 4) is 0 Å². The van der Waals surface area contributed by atoms with E-state index in [-0.39, 0.29) is 11.3 Å². The molecular weight excluding hydrogens is 386 g/mol. The molecule has 3 aromatic carbocycles. The number of benzene rings is 3. The smallest absolute Gasteiger partial charge is 0.125 e. The van der Waals surface area contributed by atoms with Crippen LogP contribution in [-0.2, 0) is 21.8 Å². The molecule has 3 rings (SSSR count). The first-order chi connectivity index (χ1) is 13.5. The summed E-state index contributed by atoms with van der Waals surface area (Å²) in [5.41, 5.74) is 3.22. The number of hydrogen-bond donors (Lipinski definition) is 1. The molecule has 0 unspecified atom stereocenters. The summed E-state index contributed by atoms with van der Waals surface area (Å²) in [6.07, 6.45) is 0. The molecule has 0 aromatic heterocycles. The topological polar surface area (TPSA) is 46.2 Å². The van der Waals surface area contributed by atoms with Gasteiger partial charge in [-0.2, -0.15) is 0 Å². The van der Waals surface area contributed by atoms with E-state index >= 15 is 0 Å². The molecule has 3 aromatic rings. The van der Waals surface area contributed by atoms with E-state index in [9.17, 15) is 8.42 Å². The van der Waals surface area contributed by atoms with Crippen LogP contribution in [0.25, 0.3) is 0 Å². The molecule has 5 heteroatoms. The van der Waals surface area contributed by atoms with Gasteiger partial charge in [-0.3, -0.25) is 4.21 Å². The van der Waals surface area contributed by atoms with Gasteiger partial charge < -0.3 is 0 Å². The summed E-state index contributed by atoms with van der Waals surface area (Å²) in [5, 5.41) is -0.264. The van der Waals surface area contributed by atoms with Crippen molar-refractivity contribution in [2.24, 2.45) is 0 Å². The zero-order chi connectivity index (χ0) is 20.1. The number of hydrogen-bond acceptors (Lipinski definition) is 2. The SMILES string of the molecule is Cc1ccc([S@](=O)N[C@H](c2ccccc2)[C@@H](C)[S@](=O)c2ccc(C)cc2)cc1. The molecule has 0 aliphatic heterocycles. The quantitative estimate of drug-likeness (QED) is 0.604. The molecule has 0 aliphatic carbocycles. The fourth-order valence-corrected chi connectivity index (χ4v) is 5.43. The molecule has 0 fully saturated rings. The predicted molar refractivity (Wildman–Crippen MR) is 117 cm³/mol. The van der Waals surface area contributed by atoms with Gasteiger partial charge in [-0.05, 0) is 50.6 Å². The van der Waals surface area contributed by atoms with Gasteiger partial charge in [0, 0.05) is 4.90 Å². The molecular formula is C23H25NO2S2. The van der Waals surface area contributed by atoms with Gasteiger partial charge in [-0.25, -0.2) is 8.93 Å². The van der Waals surface area contributed by atoms with Gasteiger partial charge in [-0.1, -0.05) is 65.7 Å². The summed E-state index contributed by atoms with van der Waals surface area (Å²) in [5.74, 6) is 0. The summed E-state index contributed by atoms with van der Waals surface area (Å²) in [7, 11) is -2.64. The van der Waals surface area contributed by atoms with Crippen molar-refractivity contribution in [2.75, 3.05) is 0 Å². The lowest BCUT2D eigenvalue weighted by atomic mass is 10.1. The number of aryl methyl sites for hydroxylation is 2. The molecule has 0 heterocycles. The first kappa shape index (κ1) is 20.6. The Morgan fingerprint density at radius 2 is 1.21 bits per heavy atom. The fourth-order valence-electron chi connectivity index (χ4n) is 2.95. The van der Waals surface area contributed by atoms with E-state index < -0.39 is 21.8 Å². The zero-order valence-electron chi connectivity index (χ0n) is 16.3. The minimum Gasteiger partial charge on any atom is -0.254 e. The van der Waals surface area contributed by atoms with E-state index in [0.717, 1.165) is 21.6 Å². The monoisotopic (exact) mass is 411 g/mol. The first-order valence-electron chi connectivity index (χ1n) is 9.22. The average Bonchev–Trinajstić information content (AvgIpc) is 2.72. The van der Waals surface area contributed by atoms with Crippen LogP contribution in [-0.4, -0.2) is 13.7 Å². The Morgan fingerprint density at radius 1 is 0.714 bits per heavy atom. The summed E-state index contributed by atoms with van der Waals surface area (Å²) in [6, 6.07) is 24.8. The molecule has 3 nitrogen and oxygen atoms in total. The molecule has 1 N–H and O–H groups in total. The van der Waals surface area contributed by atoms with Crippen molar-refractivity contribution in [2.45, 2.75) is 41.9 Å². The maximum absolute atomic E-state index is 13.2. The predicted octanol–water partition coefficient (Wildman–Crippen LogP) is 4.85. The Morgan fingerprint density at radius 3 is 1.75 bits per heavy atom. The molecule has 0 saturated heterocycles. The van der Waals surface area contributed by atoms with Gasteiger partial charge in [0.15, 0.2) is 0 Å². The summed E-state index contributed by atoms with van der Waals surface area (Å²) in [4.78, 5) is 1.49. The van der Waals surface area contributed by atoms with E-state index in [1.54, 1.807) is 0 Å². The Balaban J connectivity index is 1.88. The summed E-state index contributed by atoms with van der Waals surface area (Å²) < 4.78 is 29.4. The van der Waals surface area contributed by atoms with Gasteiger partial charge in [0.05, 0.1) is 27.0 Å².